The molecule has 0 saturated heterocycles. The van der Waals surface area contributed by atoms with Crippen molar-refractivity contribution >= 4 is 10.0 Å². The third kappa shape index (κ3) is 4.77. The number of sulfonamides is 1. The van der Waals surface area contributed by atoms with Crippen LogP contribution >= 0.6 is 0 Å². The molecule has 1 aliphatic carbocycles. The monoisotopic (exact) mass is 298 g/mol. The van der Waals surface area contributed by atoms with E-state index in [0.717, 1.165) is 6.54 Å². The van der Waals surface area contributed by atoms with E-state index in [-0.39, 0.29) is 10.9 Å². The molecule has 1 aromatic carbocycles. The highest BCUT2D eigenvalue weighted by molar-refractivity contribution is 7.89. The van der Waals surface area contributed by atoms with E-state index in [2.05, 4.69) is 10.0 Å². The van der Waals surface area contributed by atoms with Crippen LogP contribution < -0.4 is 14.8 Å². The molecular weight excluding hydrogens is 276 g/mol. The molecule has 0 aromatic heterocycles. The smallest absolute Gasteiger partial charge is 0.240 e. The summed E-state index contributed by atoms with van der Waals surface area (Å²) in [7, 11) is -3.42. The average molecular weight is 298 g/mol. The molecule has 6 heteroatoms. The van der Waals surface area contributed by atoms with Gasteiger partial charge in [-0.25, -0.2) is 13.1 Å². The molecule has 0 aliphatic heterocycles. The van der Waals surface area contributed by atoms with Gasteiger partial charge in [-0.05, 0) is 51.0 Å². The molecule has 2 rings (SSSR count). The van der Waals surface area contributed by atoms with Gasteiger partial charge in [-0.3, -0.25) is 0 Å². The zero-order chi connectivity index (χ0) is 14.6. The van der Waals surface area contributed by atoms with Crippen LogP contribution in [0.2, 0.25) is 0 Å². The highest BCUT2D eigenvalue weighted by Gasteiger charge is 2.19. The van der Waals surface area contributed by atoms with Gasteiger partial charge in [-0.1, -0.05) is 0 Å². The molecule has 0 amide bonds. The first kappa shape index (κ1) is 15.3. The summed E-state index contributed by atoms with van der Waals surface area (Å²) in [6.07, 6.45) is 2.52. The number of ether oxygens (including phenoxy) is 1. The van der Waals surface area contributed by atoms with E-state index in [1.807, 2.05) is 0 Å². The van der Waals surface area contributed by atoms with Crippen molar-refractivity contribution in [1.29, 1.82) is 0 Å². The second kappa shape index (κ2) is 6.56. The molecule has 1 fully saturated rings. The Morgan fingerprint density at radius 2 is 1.90 bits per heavy atom. The van der Waals surface area contributed by atoms with E-state index in [9.17, 15) is 8.42 Å². The Labute approximate surface area is 120 Å². The summed E-state index contributed by atoms with van der Waals surface area (Å²) in [5.74, 6) is 0.686. The standard InChI is InChI=1S/C14H22N2O3S/c1-11(2)16-20(17,18)14-7-5-13(6-8-14)19-10-9-15-12-3-4-12/h5-8,11-12,15-16H,3-4,9-10H2,1-2H3. The molecular formula is C14H22N2O3S. The van der Waals surface area contributed by atoms with Gasteiger partial charge in [0.25, 0.3) is 0 Å². The van der Waals surface area contributed by atoms with E-state index in [1.165, 1.54) is 12.8 Å². The van der Waals surface area contributed by atoms with Gasteiger partial charge in [0.05, 0.1) is 4.90 Å². The number of hydrogen-bond donors (Lipinski definition) is 2. The second-order valence-corrected chi connectivity index (χ2v) is 7.04. The van der Waals surface area contributed by atoms with Gasteiger partial charge in [0.15, 0.2) is 0 Å². The first-order valence-corrected chi connectivity index (χ1v) is 8.44. The van der Waals surface area contributed by atoms with Crippen LogP contribution in [0.3, 0.4) is 0 Å². The normalized spacial score (nSPS) is 15.6. The zero-order valence-corrected chi connectivity index (χ0v) is 12.7. The van der Waals surface area contributed by atoms with Gasteiger partial charge in [-0.2, -0.15) is 0 Å². The third-order valence-corrected chi connectivity index (χ3v) is 4.58. The fraction of sp³-hybridized carbons (Fsp3) is 0.571. The van der Waals surface area contributed by atoms with Crippen molar-refractivity contribution in [3.05, 3.63) is 24.3 Å². The predicted octanol–water partition coefficient (Wildman–Crippen LogP) is 1.50. The van der Waals surface area contributed by atoms with Crippen molar-refractivity contribution in [2.24, 2.45) is 0 Å². The number of nitrogens with one attached hydrogen (secondary N) is 2. The summed E-state index contributed by atoms with van der Waals surface area (Å²) in [6.45, 7) is 5.00. The van der Waals surface area contributed by atoms with Crippen LogP contribution in [-0.4, -0.2) is 33.7 Å². The molecule has 0 atom stereocenters. The van der Waals surface area contributed by atoms with E-state index < -0.39 is 10.0 Å². The van der Waals surface area contributed by atoms with Crippen LogP contribution in [0, 0.1) is 0 Å². The van der Waals surface area contributed by atoms with Crippen LogP contribution in [0.4, 0.5) is 0 Å². The molecule has 0 bridgehead atoms. The van der Waals surface area contributed by atoms with Gasteiger partial charge in [0.1, 0.15) is 12.4 Å². The topological polar surface area (TPSA) is 67.4 Å². The van der Waals surface area contributed by atoms with Gasteiger partial charge < -0.3 is 10.1 Å². The van der Waals surface area contributed by atoms with E-state index in [1.54, 1.807) is 38.1 Å². The van der Waals surface area contributed by atoms with Crippen molar-refractivity contribution in [2.45, 2.75) is 43.7 Å². The van der Waals surface area contributed by atoms with Crippen LogP contribution in [-0.2, 0) is 10.0 Å². The molecule has 20 heavy (non-hydrogen) atoms. The quantitative estimate of drug-likeness (QED) is 0.714. The lowest BCUT2D eigenvalue weighted by Crippen LogP contribution is -2.30. The average Bonchev–Trinajstić information content (AvgIpc) is 3.18. The molecule has 5 nitrogen and oxygen atoms in total. The molecule has 1 saturated carbocycles. The van der Waals surface area contributed by atoms with E-state index in [4.69, 9.17) is 4.74 Å². The fourth-order valence-electron chi connectivity index (χ4n) is 1.81. The Balaban J connectivity index is 1.85. The molecule has 0 spiro atoms. The highest BCUT2D eigenvalue weighted by atomic mass is 32.2. The van der Waals surface area contributed by atoms with Gasteiger partial charge in [-0.15, -0.1) is 0 Å². The summed E-state index contributed by atoms with van der Waals surface area (Å²) < 4.78 is 32.0. The number of hydrogen-bond acceptors (Lipinski definition) is 4. The maximum Gasteiger partial charge on any atom is 0.240 e. The maximum atomic E-state index is 11.9. The van der Waals surface area contributed by atoms with Crippen molar-refractivity contribution in [1.82, 2.24) is 10.0 Å². The maximum absolute atomic E-state index is 11.9. The molecule has 2 N–H and O–H groups in total. The third-order valence-electron chi connectivity index (χ3n) is 2.91. The van der Waals surface area contributed by atoms with Gasteiger partial charge >= 0.3 is 0 Å². The van der Waals surface area contributed by atoms with E-state index in [0.29, 0.717) is 18.4 Å². The summed E-state index contributed by atoms with van der Waals surface area (Å²) in [4.78, 5) is 0.259. The SMILES string of the molecule is CC(C)NS(=O)(=O)c1ccc(OCCNC2CC2)cc1. The highest BCUT2D eigenvalue weighted by Crippen LogP contribution is 2.18. The van der Waals surface area contributed by atoms with Crippen LogP contribution in [0.1, 0.15) is 26.7 Å². The molecule has 112 valence electrons. The Morgan fingerprint density at radius 3 is 2.45 bits per heavy atom. The van der Waals surface area contributed by atoms with Crippen LogP contribution in [0.5, 0.6) is 5.75 Å². The summed E-state index contributed by atoms with van der Waals surface area (Å²) in [6, 6.07) is 7.05. The summed E-state index contributed by atoms with van der Waals surface area (Å²) in [5.41, 5.74) is 0. The lowest BCUT2D eigenvalue weighted by Gasteiger charge is -2.11. The Bertz CT molecular complexity index is 522. The van der Waals surface area contributed by atoms with Crippen molar-refractivity contribution in [3.8, 4) is 5.75 Å². The second-order valence-electron chi connectivity index (χ2n) is 5.32. The lowest BCUT2D eigenvalue weighted by molar-refractivity contribution is 0.313. The largest absolute Gasteiger partial charge is 0.492 e. The van der Waals surface area contributed by atoms with E-state index >= 15 is 0 Å². The van der Waals surface area contributed by atoms with Gasteiger partial charge in [0.2, 0.25) is 10.0 Å². The minimum Gasteiger partial charge on any atom is -0.492 e. The predicted molar refractivity (Wildman–Crippen MR) is 78.4 cm³/mol. The van der Waals surface area contributed by atoms with Crippen LogP contribution in [0.15, 0.2) is 29.2 Å². The number of rotatable bonds is 8. The van der Waals surface area contributed by atoms with Crippen molar-refractivity contribution < 1.29 is 13.2 Å². The van der Waals surface area contributed by atoms with Crippen molar-refractivity contribution in [2.75, 3.05) is 13.2 Å². The fourth-order valence-corrected chi connectivity index (χ4v) is 3.06. The zero-order valence-electron chi connectivity index (χ0n) is 11.9. The number of benzene rings is 1. The Kier molecular flexibility index (Phi) is 5.01. The summed E-state index contributed by atoms with van der Waals surface area (Å²) in [5, 5.41) is 3.35. The van der Waals surface area contributed by atoms with Crippen molar-refractivity contribution in [3.63, 3.8) is 0 Å². The van der Waals surface area contributed by atoms with Gasteiger partial charge in [0, 0.05) is 18.6 Å². The first-order valence-electron chi connectivity index (χ1n) is 6.96. The Morgan fingerprint density at radius 1 is 1.25 bits per heavy atom. The van der Waals surface area contributed by atoms with Crippen LogP contribution in [0.25, 0.3) is 0 Å². The molecule has 1 aliphatic rings. The minimum absolute atomic E-state index is 0.121. The first-order chi connectivity index (χ1) is 9.47. The lowest BCUT2D eigenvalue weighted by atomic mass is 10.3. The Hall–Kier alpha value is -1.11. The minimum atomic E-state index is -3.42. The summed E-state index contributed by atoms with van der Waals surface area (Å²) >= 11 is 0. The molecule has 0 radical (unpaired) electrons. The molecule has 0 unspecified atom stereocenters. The molecule has 0 heterocycles. The molecule has 1 aromatic rings.